The number of hydrogen-bond acceptors (Lipinski definition) is 5. The van der Waals surface area contributed by atoms with Crippen LogP contribution in [0.1, 0.15) is 18.7 Å². The Bertz CT molecular complexity index is 611. The molecule has 3 rings (SSSR count). The van der Waals surface area contributed by atoms with Gasteiger partial charge in [-0.15, -0.1) is 5.10 Å². The van der Waals surface area contributed by atoms with Crippen molar-refractivity contribution in [3.63, 3.8) is 0 Å². The van der Waals surface area contributed by atoms with Crippen molar-refractivity contribution in [1.82, 2.24) is 30.4 Å². The zero-order valence-corrected chi connectivity index (χ0v) is 11.9. The summed E-state index contributed by atoms with van der Waals surface area (Å²) in [6.07, 6.45) is 1.90. The Morgan fingerprint density at radius 3 is 2.95 bits per heavy atom. The highest BCUT2D eigenvalue weighted by atomic mass is 16.2. The molecule has 0 spiro atoms. The number of amides is 1. The van der Waals surface area contributed by atoms with E-state index in [9.17, 15) is 4.79 Å². The first kappa shape index (κ1) is 13.7. The van der Waals surface area contributed by atoms with Gasteiger partial charge in [0.15, 0.2) is 5.82 Å². The van der Waals surface area contributed by atoms with Crippen LogP contribution in [0.5, 0.6) is 0 Å². The third-order valence-corrected chi connectivity index (χ3v) is 3.79. The van der Waals surface area contributed by atoms with E-state index >= 15 is 0 Å². The molecule has 1 fully saturated rings. The smallest absolute Gasteiger partial charge is 0.237 e. The maximum atomic E-state index is 11.9. The van der Waals surface area contributed by atoms with Crippen LogP contribution in [0.15, 0.2) is 30.3 Å². The first-order valence-electron chi connectivity index (χ1n) is 7.08. The highest BCUT2D eigenvalue weighted by Crippen LogP contribution is 2.20. The van der Waals surface area contributed by atoms with E-state index < -0.39 is 0 Å². The molecule has 1 saturated heterocycles. The Balaban J connectivity index is 1.80. The average molecular weight is 286 g/mol. The number of benzene rings is 1. The topological polar surface area (TPSA) is 75.9 Å². The zero-order valence-electron chi connectivity index (χ0n) is 11.9. The number of para-hydroxylation sites is 1. The quantitative estimate of drug-likeness (QED) is 0.879. The molecule has 1 unspecified atom stereocenters. The van der Waals surface area contributed by atoms with Gasteiger partial charge in [-0.3, -0.25) is 9.69 Å². The summed E-state index contributed by atoms with van der Waals surface area (Å²) in [5.74, 6) is 0.809. The van der Waals surface area contributed by atoms with Crippen LogP contribution in [0, 0.1) is 0 Å². The fraction of sp³-hybridized carbons (Fsp3) is 0.429. The van der Waals surface area contributed by atoms with E-state index in [0.29, 0.717) is 6.54 Å². The number of carbonyl (C=O) groups excluding carboxylic acids is 1. The van der Waals surface area contributed by atoms with Crippen molar-refractivity contribution in [1.29, 1.82) is 0 Å². The fourth-order valence-electron chi connectivity index (χ4n) is 2.73. The molecule has 21 heavy (non-hydrogen) atoms. The van der Waals surface area contributed by atoms with E-state index in [4.69, 9.17) is 0 Å². The molecule has 0 saturated carbocycles. The van der Waals surface area contributed by atoms with Gasteiger partial charge in [-0.2, -0.15) is 4.68 Å². The minimum absolute atomic E-state index is 0.0613. The number of rotatable bonds is 4. The number of likely N-dealkylation sites (tertiary alicyclic amines) is 1. The Kier molecular flexibility index (Phi) is 3.92. The fourth-order valence-corrected chi connectivity index (χ4v) is 2.73. The molecule has 7 heteroatoms. The standard InChI is InChI=1S/C14H18N6O/c1-15-14(21)12-8-5-9-19(12)10-13-16-17-18-20(13)11-6-3-2-4-7-11/h2-4,6-7,12H,5,8-10H2,1H3,(H,15,21). The Morgan fingerprint density at radius 1 is 1.38 bits per heavy atom. The summed E-state index contributed by atoms with van der Waals surface area (Å²) in [5.41, 5.74) is 0.924. The van der Waals surface area contributed by atoms with Crippen LogP contribution in [-0.2, 0) is 11.3 Å². The van der Waals surface area contributed by atoms with Crippen LogP contribution in [-0.4, -0.2) is 50.6 Å². The maximum absolute atomic E-state index is 11.9. The van der Waals surface area contributed by atoms with Gasteiger partial charge in [0.05, 0.1) is 18.3 Å². The second kappa shape index (κ2) is 6.01. The van der Waals surface area contributed by atoms with Crippen molar-refractivity contribution >= 4 is 5.91 Å². The van der Waals surface area contributed by atoms with Crippen molar-refractivity contribution in [3.05, 3.63) is 36.2 Å². The highest BCUT2D eigenvalue weighted by molar-refractivity contribution is 5.81. The molecule has 7 nitrogen and oxygen atoms in total. The van der Waals surface area contributed by atoms with Crippen LogP contribution in [0.4, 0.5) is 0 Å². The number of likely N-dealkylation sites (N-methyl/N-ethyl adjacent to an activating group) is 1. The van der Waals surface area contributed by atoms with E-state index in [2.05, 4.69) is 25.7 Å². The predicted octanol–water partition coefficient (Wildman–Crippen LogP) is 0.373. The number of nitrogens with one attached hydrogen (secondary N) is 1. The summed E-state index contributed by atoms with van der Waals surface area (Å²) < 4.78 is 1.72. The van der Waals surface area contributed by atoms with Gasteiger partial charge in [0.1, 0.15) is 0 Å². The lowest BCUT2D eigenvalue weighted by molar-refractivity contribution is -0.125. The van der Waals surface area contributed by atoms with E-state index in [1.54, 1.807) is 11.7 Å². The summed E-state index contributed by atoms with van der Waals surface area (Å²) in [7, 11) is 1.67. The van der Waals surface area contributed by atoms with Crippen molar-refractivity contribution in [2.24, 2.45) is 0 Å². The van der Waals surface area contributed by atoms with Crippen molar-refractivity contribution in [2.75, 3.05) is 13.6 Å². The lowest BCUT2D eigenvalue weighted by Crippen LogP contribution is -2.41. The van der Waals surface area contributed by atoms with Crippen LogP contribution >= 0.6 is 0 Å². The minimum Gasteiger partial charge on any atom is -0.358 e. The molecular weight excluding hydrogens is 268 g/mol. The summed E-state index contributed by atoms with van der Waals surface area (Å²) in [6, 6.07) is 9.68. The average Bonchev–Trinajstić information content (AvgIpc) is 3.17. The zero-order chi connectivity index (χ0) is 14.7. The maximum Gasteiger partial charge on any atom is 0.237 e. The number of carbonyl (C=O) groups is 1. The minimum atomic E-state index is -0.0871. The van der Waals surface area contributed by atoms with Gasteiger partial charge < -0.3 is 5.32 Å². The largest absolute Gasteiger partial charge is 0.358 e. The van der Waals surface area contributed by atoms with Crippen molar-refractivity contribution in [3.8, 4) is 5.69 Å². The summed E-state index contributed by atoms with van der Waals surface area (Å²) in [5, 5.41) is 14.6. The van der Waals surface area contributed by atoms with Gasteiger partial charge in [-0.1, -0.05) is 18.2 Å². The van der Waals surface area contributed by atoms with Gasteiger partial charge in [-0.25, -0.2) is 0 Å². The van der Waals surface area contributed by atoms with Gasteiger partial charge in [-0.05, 0) is 41.9 Å². The molecule has 1 aromatic heterocycles. The van der Waals surface area contributed by atoms with Crippen LogP contribution in [0.25, 0.3) is 5.69 Å². The second-order valence-corrected chi connectivity index (χ2v) is 5.09. The Hall–Kier alpha value is -2.28. The summed E-state index contributed by atoms with van der Waals surface area (Å²) in [4.78, 5) is 14.0. The Morgan fingerprint density at radius 2 is 2.19 bits per heavy atom. The first-order chi connectivity index (χ1) is 10.3. The number of hydrogen-bond donors (Lipinski definition) is 1. The van der Waals surface area contributed by atoms with Gasteiger partial charge >= 0.3 is 0 Å². The van der Waals surface area contributed by atoms with E-state index in [1.807, 2.05) is 30.3 Å². The molecule has 1 aliphatic heterocycles. The predicted molar refractivity (Wildman–Crippen MR) is 76.7 cm³/mol. The molecule has 2 aromatic rings. The van der Waals surface area contributed by atoms with Gasteiger partial charge in [0.2, 0.25) is 5.91 Å². The molecule has 1 amide bonds. The molecule has 1 aromatic carbocycles. The summed E-state index contributed by atoms with van der Waals surface area (Å²) >= 11 is 0. The first-order valence-corrected chi connectivity index (χ1v) is 7.08. The molecular formula is C14H18N6O. The number of nitrogens with zero attached hydrogens (tertiary/aromatic N) is 5. The van der Waals surface area contributed by atoms with E-state index in [-0.39, 0.29) is 11.9 Å². The molecule has 1 atom stereocenters. The molecule has 1 N–H and O–H groups in total. The number of tetrazole rings is 1. The third-order valence-electron chi connectivity index (χ3n) is 3.79. The number of aromatic nitrogens is 4. The van der Waals surface area contributed by atoms with Crippen LogP contribution < -0.4 is 5.32 Å². The molecule has 110 valence electrons. The normalized spacial score (nSPS) is 18.8. The lowest BCUT2D eigenvalue weighted by atomic mass is 10.2. The van der Waals surface area contributed by atoms with Crippen LogP contribution in [0.2, 0.25) is 0 Å². The highest BCUT2D eigenvalue weighted by Gasteiger charge is 2.31. The van der Waals surface area contributed by atoms with Gasteiger partial charge in [0, 0.05) is 7.05 Å². The molecule has 0 radical (unpaired) electrons. The summed E-state index contributed by atoms with van der Waals surface area (Å²) in [6.45, 7) is 1.46. The van der Waals surface area contributed by atoms with Gasteiger partial charge in [0.25, 0.3) is 0 Å². The Labute approximate surface area is 122 Å². The molecule has 0 aliphatic carbocycles. The SMILES string of the molecule is CNC(=O)C1CCCN1Cc1nnnn1-c1ccccc1. The molecule has 1 aliphatic rings. The molecule has 0 bridgehead atoms. The second-order valence-electron chi connectivity index (χ2n) is 5.09. The van der Waals surface area contributed by atoms with E-state index in [1.165, 1.54) is 0 Å². The van der Waals surface area contributed by atoms with E-state index in [0.717, 1.165) is 30.9 Å². The molecule has 2 heterocycles. The lowest BCUT2D eigenvalue weighted by Gasteiger charge is -2.22. The third kappa shape index (κ3) is 2.78. The van der Waals surface area contributed by atoms with Crippen molar-refractivity contribution in [2.45, 2.75) is 25.4 Å². The van der Waals surface area contributed by atoms with Crippen LogP contribution in [0.3, 0.4) is 0 Å². The monoisotopic (exact) mass is 286 g/mol. The van der Waals surface area contributed by atoms with Crippen molar-refractivity contribution < 1.29 is 4.79 Å².